The molecule has 1 aromatic carbocycles. The van der Waals surface area contributed by atoms with Crippen LogP contribution in [0, 0.1) is 10.1 Å². The first-order valence-corrected chi connectivity index (χ1v) is 4.81. The lowest BCUT2D eigenvalue weighted by Crippen LogP contribution is -2.32. The first-order chi connectivity index (χ1) is 6.93. The Balaban J connectivity index is 2.72. The molecule has 1 atom stereocenters. The van der Waals surface area contributed by atoms with Crippen LogP contribution in [0.1, 0.15) is 31.9 Å². The topological polar surface area (TPSA) is 63.4 Å². The molecule has 4 nitrogen and oxygen atoms in total. The maximum absolute atomic E-state index is 10.7. The highest BCUT2D eigenvalue weighted by Gasteiger charge is 2.33. The van der Waals surface area contributed by atoms with Gasteiger partial charge in [0, 0.05) is 25.2 Å². The molecule has 0 spiro atoms. The van der Waals surface area contributed by atoms with Crippen molar-refractivity contribution in [1.82, 2.24) is 0 Å². The summed E-state index contributed by atoms with van der Waals surface area (Å²) in [6.45, 7) is 3.03. The number of nitro groups is 1. The molecule has 0 radical (unpaired) electrons. The van der Waals surface area contributed by atoms with Crippen molar-refractivity contribution >= 4 is 0 Å². The van der Waals surface area contributed by atoms with Gasteiger partial charge in [-0.1, -0.05) is 30.3 Å². The van der Waals surface area contributed by atoms with Crippen molar-refractivity contribution in [3.05, 3.63) is 46.0 Å². The van der Waals surface area contributed by atoms with Crippen LogP contribution in [0.3, 0.4) is 0 Å². The third-order valence-corrected chi connectivity index (χ3v) is 2.37. The molecule has 82 valence electrons. The molecule has 0 amide bonds. The van der Waals surface area contributed by atoms with Crippen molar-refractivity contribution in [3.63, 3.8) is 0 Å². The van der Waals surface area contributed by atoms with Crippen molar-refractivity contribution in [1.29, 1.82) is 0 Å². The van der Waals surface area contributed by atoms with E-state index in [2.05, 4.69) is 0 Å². The van der Waals surface area contributed by atoms with Crippen molar-refractivity contribution in [2.24, 2.45) is 0 Å². The van der Waals surface area contributed by atoms with Crippen LogP contribution in [-0.4, -0.2) is 15.6 Å². The molecular weight excluding hydrogens is 194 g/mol. The predicted molar refractivity (Wildman–Crippen MR) is 57.1 cm³/mol. The lowest BCUT2D eigenvalue weighted by molar-refractivity contribution is -0.563. The van der Waals surface area contributed by atoms with Gasteiger partial charge < -0.3 is 5.11 Å². The van der Waals surface area contributed by atoms with Gasteiger partial charge in [-0.05, 0) is 5.56 Å². The zero-order valence-electron chi connectivity index (χ0n) is 8.88. The van der Waals surface area contributed by atoms with E-state index >= 15 is 0 Å². The Morgan fingerprint density at radius 2 is 1.93 bits per heavy atom. The van der Waals surface area contributed by atoms with Crippen LogP contribution < -0.4 is 0 Å². The molecule has 0 aliphatic heterocycles. The van der Waals surface area contributed by atoms with Crippen LogP contribution in [0.5, 0.6) is 0 Å². The monoisotopic (exact) mass is 209 g/mol. The minimum atomic E-state index is -1.10. The molecule has 0 aliphatic carbocycles. The Hall–Kier alpha value is -1.42. The average Bonchev–Trinajstić information content (AvgIpc) is 2.18. The SMILES string of the molecule is CC(C)(CC(O)c1ccccc1)[N+](=O)[O-]. The fourth-order valence-electron chi connectivity index (χ4n) is 1.34. The van der Waals surface area contributed by atoms with E-state index in [4.69, 9.17) is 0 Å². The van der Waals surface area contributed by atoms with Gasteiger partial charge in [0.05, 0.1) is 6.10 Å². The number of nitrogens with zero attached hydrogens (tertiary/aromatic N) is 1. The van der Waals surface area contributed by atoms with E-state index in [0.29, 0.717) is 5.56 Å². The molecule has 1 rings (SSSR count). The van der Waals surface area contributed by atoms with Gasteiger partial charge >= 0.3 is 0 Å². The highest BCUT2D eigenvalue weighted by Crippen LogP contribution is 2.25. The molecule has 1 unspecified atom stereocenters. The lowest BCUT2D eigenvalue weighted by Gasteiger charge is -2.19. The number of aliphatic hydroxyl groups excluding tert-OH is 1. The summed E-state index contributed by atoms with van der Waals surface area (Å²) in [5.41, 5.74) is -0.387. The Kier molecular flexibility index (Phi) is 3.42. The largest absolute Gasteiger partial charge is 0.388 e. The van der Waals surface area contributed by atoms with Crippen LogP contribution in [0.25, 0.3) is 0 Å². The fraction of sp³-hybridized carbons (Fsp3) is 0.455. The third kappa shape index (κ3) is 3.02. The predicted octanol–water partition coefficient (Wildman–Crippen LogP) is 2.17. The first-order valence-electron chi connectivity index (χ1n) is 4.81. The second kappa shape index (κ2) is 4.40. The maximum atomic E-state index is 10.7. The van der Waals surface area contributed by atoms with E-state index in [1.807, 2.05) is 6.07 Å². The van der Waals surface area contributed by atoms with E-state index in [9.17, 15) is 15.2 Å². The van der Waals surface area contributed by atoms with E-state index in [0.717, 1.165) is 0 Å². The highest BCUT2D eigenvalue weighted by atomic mass is 16.6. The Morgan fingerprint density at radius 3 is 2.40 bits per heavy atom. The zero-order chi connectivity index (χ0) is 11.5. The normalized spacial score (nSPS) is 13.5. The molecule has 4 heteroatoms. The van der Waals surface area contributed by atoms with E-state index in [1.54, 1.807) is 24.3 Å². The summed E-state index contributed by atoms with van der Waals surface area (Å²) in [5, 5.41) is 20.5. The molecular formula is C11H15NO3. The number of hydrogen-bond acceptors (Lipinski definition) is 3. The standard InChI is InChI=1S/C11H15NO3/c1-11(2,12(14)15)8-10(13)9-6-4-3-5-7-9/h3-7,10,13H,8H2,1-2H3. The van der Waals surface area contributed by atoms with Gasteiger partial charge in [0.1, 0.15) is 0 Å². The van der Waals surface area contributed by atoms with Gasteiger partial charge in [0.15, 0.2) is 0 Å². The van der Waals surface area contributed by atoms with Gasteiger partial charge in [-0.15, -0.1) is 0 Å². The van der Waals surface area contributed by atoms with Crippen molar-refractivity contribution in [3.8, 4) is 0 Å². The van der Waals surface area contributed by atoms with Crippen LogP contribution in [-0.2, 0) is 0 Å². The second-order valence-corrected chi connectivity index (χ2v) is 4.20. The molecule has 0 heterocycles. The quantitative estimate of drug-likeness (QED) is 0.610. The molecule has 1 aromatic rings. The molecule has 0 aromatic heterocycles. The molecule has 0 fully saturated rings. The zero-order valence-corrected chi connectivity index (χ0v) is 8.88. The van der Waals surface area contributed by atoms with Crippen LogP contribution in [0.15, 0.2) is 30.3 Å². The van der Waals surface area contributed by atoms with Crippen LogP contribution in [0.4, 0.5) is 0 Å². The number of hydrogen-bond donors (Lipinski definition) is 1. The molecule has 0 bridgehead atoms. The Morgan fingerprint density at radius 1 is 1.40 bits per heavy atom. The van der Waals surface area contributed by atoms with Gasteiger partial charge in [0.2, 0.25) is 5.54 Å². The number of aliphatic hydroxyl groups is 1. The highest BCUT2D eigenvalue weighted by molar-refractivity contribution is 5.17. The summed E-state index contributed by atoms with van der Waals surface area (Å²) in [6, 6.07) is 8.98. The Bertz CT molecular complexity index is 335. The Labute approximate surface area is 88.7 Å². The van der Waals surface area contributed by atoms with E-state index in [1.165, 1.54) is 13.8 Å². The van der Waals surface area contributed by atoms with Gasteiger partial charge in [-0.3, -0.25) is 10.1 Å². The number of benzene rings is 1. The summed E-state index contributed by atoms with van der Waals surface area (Å²) >= 11 is 0. The lowest BCUT2D eigenvalue weighted by atomic mass is 9.94. The smallest absolute Gasteiger partial charge is 0.219 e. The summed E-state index contributed by atoms with van der Waals surface area (Å²) in [6.07, 6.45) is -0.670. The summed E-state index contributed by atoms with van der Waals surface area (Å²) < 4.78 is 0. The maximum Gasteiger partial charge on any atom is 0.219 e. The van der Waals surface area contributed by atoms with Gasteiger partial charge in [-0.25, -0.2) is 0 Å². The molecule has 0 aliphatic rings. The molecule has 1 N–H and O–H groups in total. The minimum Gasteiger partial charge on any atom is -0.388 e. The van der Waals surface area contributed by atoms with Crippen LogP contribution in [0.2, 0.25) is 0 Å². The first kappa shape index (κ1) is 11.7. The van der Waals surface area contributed by atoms with Gasteiger partial charge in [0.25, 0.3) is 0 Å². The molecule has 15 heavy (non-hydrogen) atoms. The fourth-order valence-corrected chi connectivity index (χ4v) is 1.34. The summed E-state index contributed by atoms with van der Waals surface area (Å²) in [5.74, 6) is 0. The van der Waals surface area contributed by atoms with E-state index in [-0.39, 0.29) is 11.3 Å². The number of rotatable bonds is 4. The third-order valence-electron chi connectivity index (χ3n) is 2.37. The van der Waals surface area contributed by atoms with Crippen molar-refractivity contribution < 1.29 is 10.0 Å². The average molecular weight is 209 g/mol. The van der Waals surface area contributed by atoms with Crippen LogP contribution >= 0.6 is 0 Å². The second-order valence-electron chi connectivity index (χ2n) is 4.20. The minimum absolute atomic E-state index is 0.115. The summed E-state index contributed by atoms with van der Waals surface area (Å²) in [7, 11) is 0. The van der Waals surface area contributed by atoms with Gasteiger partial charge in [-0.2, -0.15) is 0 Å². The molecule has 0 saturated carbocycles. The molecule has 0 saturated heterocycles. The van der Waals surface area contributed by atoms with E-state index < -0.39 is 11.6 Å². The summed E-state index contributed by atoms with van der Waals surface area (Å²) in [4.78, 5) is 10.3. The van der Waals surface area contributed by atoms with Crippen molar-refractivity contribution in [2.45, 2.75) is 31.9 Å². The van der Waals surface area contributed by atoms with Crippen molar-refractivity contribution in [2.75, 3.05) is 0 Å².